The largest absolute Gasteiger partial charge is 0.289 e. The van der Waals surface area contributed by atoms with Crippen LogP contribution in [0.25, 0.3) is 0 Å². The van der Waals surface area contributed by atoms with E-state index in [-0.39, 0.29) is 33.3 Å². The van der Waals surface area contributed by atoms with E-state index < -0.39 is 9.84 Å². The molecule has 0 bridgehead atoms. The van der Waals surface area contributed by atoms with E-state index in [9.17, 15) is 18.0 Å². The van der Waals surface area contributed by atoms with Crippen molar-refractivity contribution in [1.82, 2.24) is 0 Å². The van der Waals surface area contributed by atoms with Crippen molar-refractivity contribution in [3.63, 3.8) is 0 Å². The molecule has 0 saturated carbocycles. The standard InChI is InChI=1S/C16H11BrO4S/c17-7-8-22(20,21)10-5-6-13-14(9-10)16(19)12-4-2-1-3-11(12)15(13)18/h1-6,9H,7-8H2. The van der Waals surface area contributed by atoms with E-state index in [1.54, 1.807) is 24.3 Å². The van der Waals surface area contributed by atoms with Crippen molar-refractivity contribution in [1.29, 1.82) is 0 Å². The Morgan fingerprint density at radius 3 is 1.95 bits per heavy atom. The molecule has 0 N–H and O–H groups in total. The number of halogens is 1. The number of hydrogen-bond acceptors (Lipinski definition) is 4. The minimum atomic E-state index is -3.47. The SMILES string of the molecule is O=C1c2ccccc2C(=O)c2cc(S(=O)(=O)CCBr)ccc21. The Labute approximate surface area is 136 Å². The molecule has 22 heavy (non-hydrogen) atoms. The number of carbonyl (C=O) groups excluding carboxylic acids is 2. The van der Waals surface area contributed by atoms with Crippen LogP contribution in [0.1, 0.15) is 31.8 Å². The molecular formula is C16H11BrO4S. The Bertz CT molecular complexity index is 900. The number of ketones is 2. The molecule has 0 radical (unpaired) electrons. The molecule has 1 aliphatic carbocycles. The summed E-state index contributed by atoms with van der Waals surface area (Å²) in [5, 5.41) is 0.308. The fraction of sp³-hybridized carbons (Fsp3) is 0.125. The smallest absolute Gasteiger partial charge is 0.194 e. The van der Waals surface area contributed by atoms with E-state index in [2.05, 4.69) is 15.9 Å². The zero-order valence-electron chi connectivity index (χ0n) is 11.4. The molecule has 0 unspecified atom stereocenters. The van der Waals surface area contributed by atoms with Gasteiger partial charge in [0, 0.05) is 27.6 Å². The second-order valence-corrected chi connectivity index (χ2v) is 7.82. The van der Waals surface area contributed by atoms with E-state index in [4.69, 9.17) is 0 Å². The number of sulfone groups is 1. The van der Waals surface area contributed by atoms with Gasteiger partial charge in [-0.1, -0.05) is 40.2 Å². The highest BCUT2D eigenvalue weighted by Gasteiger charge is 2.30. The molecular weight excluding hydrogens is 368 g/mol. The van der Waals surface area contributed by atoms with Crippen molar-refractivity contribution >= 4 is 37.3 Å². The van der Waals surface area contributed by atoms with Gasteiger partial charge in [0.05, 0.1) is 10.6 Å². The van der Waals surface area contributed by atoms with E-state index in [1.807, 2.05) is 0 Å². The molecule has 0 heterocycles. The summed E-state index contributed by atoms with van der Waals surface area (Å²) in [5.41, 5.74) is 1.08. The maximum Gasteiger partial charge on any atom is 0.194 e. The van der Waals surface area contributed by atoms with Crippen molar-refractivity contribution in [2.45, 2.75) is 4.90 Å². The molecule has 0 aromatic heterocycles. The summed E-state index contributed by atoms with van der Waals surface area (Å²) < 4.78 is 24.3. The Hall–Kier alpha value is -1.79. The predicted octanol–water partition coefficient (Wildman–Crippen LogP) is 2.63. The molecule has 0 aliphatic heterocycles. The van der Waals surface area contributed by atoms with Crippen LogP contribution in [-0.2, 0) is 9.84 Å². The molecule has 0 spiro atoms. The number of benzene rings is 2. The van der Waals surface area contributed by atoms with Crippen LogP contribution >= 0.6 is 15.9 Å². The lowest BCUT2D eigenvalue weighted by Crippen LogP contribution is -2.21. The highest BCUT2D eigenvalue weighted by Crippen LogP contribution is 2.29. The van der Waals surface area contributed by atoms with Crippen LogP contribution in [0.4, 0.5) is 0 Å². The molecule has 4 nitrogen and oxygen atoms in total. The second kappa shape index (κ2) is 5.44. The number of alkyl halides is 1. The Morgan fingerprint density at radius 1 is 0.818 bits per heavy atom. The van der Waals surface area contributed by atoms with E-state index in [0.717, 1.165) is 0 Å². The lowest BCUT2D eigenvalue weighted by atomic mass is 9.84. The first-order valence-electron chi connectivity index (χ1n) is 6.57. The van der Waals surface area contributed by atoms with Gasteiger partial charge in [0.1, 0.15) is 0 Å². The third-order valence-corrected chi connectivity index (χ3v) is 6.24. The van der Waals surface area contributed by atoms with Crippen LogP contribution in [-0.4, -0.2) is 31.1 Å². The normalized spacial score (nSPS) is 13.7. The first-order chi connectivity index (χ1) is 10.5. The van der Waals surface area contributed by atoms with Crippen LogP contribution in [0.3, 0.4) is 0 Å². The zero-order valence-corrected chi connectivity index (χ0v) is 13.8. The molecule has 2 aromatic carbocycles. The quantitative estimate of drug-likeness (QED) is 0.657. The van der Waals surface area contributed by atoms with Gasteiger partial charge in [-0.05, 0) is 18.2 Å². The van der Waals surface area contributed by atoms with Gasteiger partial charge in [0.2, 0.25) is 0 Å². The van der Waals surface area contributed by atoms with Crippen LogP contribution < -0.4 is 0 Å². The van der Waals surface area contributed by atoms with Crippen LogP contribution in [0, 0.1) is 0 Å². The second-order valence-electron chi connectivity index (χ2n) is 4.92. The lowest BCUT2D eigenvalue weighted by Gasteiger charge is -2.17. The van der Waals surface area contributed by atoms with Crippen molar-refractivity contribution in [3.05, 3.63) is 64.7 Å². The summed E-state index contributed by atoms with van der Waals surface area (Å²) in [7, 11) is -3.47. The van der Waals surface area contributed by atoms with Gasteiger partial charge in [-0.25, -0.2) is 8.42 Å². The fourth-order valence-corrected chi connectivity index (χ4v) is 4.78. The van der Waals surface area contributed by atoms with Crippen LogP contribution in [0.5, 0.6) is 0 Å². The van der Waals surface area contributed by atoms with E-state index in [1.165, 1.54) is 18.2 Å². The molecule has 0 saturated heterocycles. The zero-order chi connectivity index (χ0) is 15.9. The third kappa shape index (κ3) is 2.32. The van der Waals surface area contributed by atoms with E-state index in [0.29, 0.717) is 16.5 Å². The summed E-state index contributed by atoms with van der Waals surface area (Å²) in [5.74, 6) is -0.638. The van der Waals surface area contributed by atoms with Gasteiger partial charge in [0.15, 0.2) is 21.4 Å². The third-order valence-electron chi connectivity index (χ3n) is 3.60. The van der Waals surface area contributed by atoms with Crippen molar-refractivity contribution < 1.29 is 18.0 Å². The highest BCUT2D eigenvalue weighted by atomic mass is 79.9. The minimum Gasteiger partial charge on any atom is -0.289 e. The number of fused-ring (bicyclic) bond motifs is 2. The summed E-state index contributed by atoms with van der Waals surface area (Å²) in [4.78, 5) is 25.0. The first kappa shape index (κ1) is 15.1. The maximum absolute atomic E-state index is 12.5. The van der Waals surface area contributed by atoms with Gasteiger partial charge in [-0.15, -0.1) is 0 Å². The van der Waals surface area contributed by atoms with Crippen molar-refractivity contribution in [2.24, 2.45) is 0 Å². The summed E-state index contributed by atoms with van der Waals surface area (Å²) >= 11 is 3.10. The van der Waals surface area contributed by atoms with Crippen LogP contribution in [0.15, 0.2) is 47.4 Å². The summed E-state index contributed by atoms with van der Waals surface area (Å²) in [6, 6.07) is 10.7. The maximum atomic E-state index is 12.5. The molecule has 0 atom stereocenters. The Balaban J connectivity index is 2.18. The molecule has 0 fully saturated rings. The first-order valence-corrected chi connectivity index (χ1v) is 9.34. The van der Waals surface area contributed by atoms with Gasteiger partial charge < -0.3 is 0 Å². The number of carbonyl (C=O) groups is 2. The highest BCUT2D eigenvalue weighted by molar-refractivity contribution is 9.09. The predicted molar refractivity (Wildman–Crippen MR) is 85.6 cm³/mol. The van der Waals surface area contributed by atoms with Gasteiger partial charge >= 0.3 is 0 Å². The topological polar surface area (TPSA) is 68.3 Å². The monoisotopic (exact) mass is 378 g/mol. The average Bonchev–Trinajstić information content (AvgIpc) is 2.52. The molecule has 3 rings (SSSR count). The molecule has 1 aliphatic rings. The van der Waals surface area contributed by atoms with Crippen molar-refractivity contribution in [2.75, 3.05) is 11.1 Å². The fourth-order valence-electron chi connectivity index (χ4n) is 2.49. The van der Waals surface area contributed by atoms with Crippen molar-refractivity contribution in [3.8, 4) is 0 Å². The summed E-state index contributed by atoms with van der Waals surface area (Å²) in [6.07, 6.45) is 0. The van der Waals surface area contributed by atoms with Gasteiger partial charge in [0.25, 0.3) is 0 Å². The van der Waals surface area contributed by atoms with Crippen LogP contribution in [0.2, 0.25) is 0 Å². The molecule has 6 heteroatoms. The van der Waals surface area contributed by atoms with Gasteiger partial charge in [-0.2, -0.15) is 0 Å². The van der Waals surface area contributed by atoms with E-state index >= 15 is 0 Å². The Kier molecular flexibility index (Phi) is 3.74. The molecule has 2 aromatic rings. The molecule has 0 amide bonds. The average molecular weight is 379 g/mol. The summed E-state index contributed by atoms with van der Waals surface area (Å²) in [6.45, 7) is 0. The Morgan fingerprint density at radius 2 is 1.36 bits per heavy atom. The number of rotatable bonds is 3. The number of hydrogen-bond donors (Lipinski definition) is 0. The lowest BCUT2D eigenvalue weighted by molar-refractivity contribution is 0.0979. The molecule has 112 valence electrons. The minimum absolute atomic E-state index is 0.0613. The van der Waals surface area contributed by atoms with Gasteiger partial charge in [-0.3, -0.25) is 9.59 Å².